The van der Waals surface area contributed by atoms with Gasteiger partial charge in [-0.3, -0.25) is 4.98 Å². The average Bonchev–Trinajstić information content (AvgIpc) is 2.66. The third-order valence-electron chi connectivity index (χ3n) is 1.89. The molecule has 0 radical (unpaired) electrons. The lowest BCUT2D eigenvalue weighted by atomic mass is 10.3. The average molecular weight is 223 g/mol. The fourth-order valence-electron chi connectivity index (χ4n) is 1.13. The molecular formula is C10H10FN3S. The second-order valence-electron chi connectivity index (χ2n) is 3.29. The molecule has 0 spiro atoms. The van der Waals surface area contributed by atoms with Gasteiger partial charge in [-0.15, -0.1) is 0 Å². The van der Waals surface area contributed by atoms with Gasteiger partial charge in [0.25, 0.3) is 0 Å². The van der Waals surface area contributed by atoms with Gasteiger partial charge in [0.2, 0.25) is 0 Å². The van der Waals surface area contributed by atoms with Crippen LogP contribution in [0.25, 0.3) is 10.6 Å². The highest BCUT2D eigenvalue weighted by atomic mass is 32.1. The summed E-state index contributed by atoms with van der Waals surface area (Å²) in [6.07, 6.45) is 4.57. The minimum absolute atomic E-state index is 0.339. The summed E-state index contributed by atoms with van der Waals surface area (Å²) in [6.45, 7) is 0. The van der Waals surface area contributed by atoms with E-state index in [2.05, 4.69) is 9.97 Å². The summed E-state index contributed by atoms with van der Waals surface area (Å²) < 4.78 is 12.9. The van der Waals surface area contributed by atoms with E-state index < -0.39 is 0 Å². The van der Waals surface area contributed by atoms with Crippen LogP contribution >= 0.6 is 11.3 Å². The van der Waals surface area contributed by atoms with Crippen LogP contribution in [0.4, 0.5) is 9.39 Å². The summed E-state index contributed by atoms with van der Waals surface area (Å²) >= 11 is 1.51. The maximum absolute atomic E-state index is 12.9. The standard InChI is InChI=1S/C10H10FN3S/c1-14(2)9-6-13-10(15-9)7-3-8(11)5-12-4-7/h3-6H,1-2H3. The number of hydrogen-bond acceptors (Lipinski definition) is 4. The number of aromatic nitrogens is 2. The molecule has 0 aliphatic heterocycles. The summed E-state index contributed by atoms with van der Waals surface area (Å²) in [5, 5.41) is 1.82. The molecule has 0 saturated carbocycles. The fourth-order valence-corrected chi connectivity index (χ4v) is 1.96. The van der Waals surface area contributed by atoms with E-state index in [9.17, 15) is 4.39 Å². The van der Waals surface area contributed by atoms with Crippen LogP contribution in [0.1, 0.15) is 0 Å². The Balaban J connectivity index is 2.37. The van der Waals surface area contributed by atoms with E-state index in [0.717, 1.165) is 10.0 Å². The van der Waals surface area contributed by atoms with E-state index in [4.69, 9.17) is 0 Å². The molecule has 2 aromatic rings. The lowest BCUT2D eigenvalue weighted by Gasteiger charge is -2.05. The molecule has 78 valence electrons. The molecule has 0 atom stereocenters. The summed E-state index contributed by atoms with van der Waals surface area (Å²) in [5.41, 5.74) is 0.716. The zero-order valence-corrected chi connectivity index (χ0v) is 9.25. The second kappa shape index (κ2) is 3.94. The van der Waals surface area contributed by atoms with Gasteiger partial charge in [0.05, 0.1) is 12.4 Å². The monoisotopic (exact) mass is 223 g/mol. The normalized spacial score (nSPS) is 10.3. The minimum atomic E-state index is -0.339. The molecule has 0 N–H and O–H groups in total. The fraction of sp³-hybridized carbons (Fsp3) is 0.200. The van der Waals surface area contributed by atoms with Gasteiger partial charge < -0.3 is 4.90 Å². The van der Waals surface area contributed by atoms with Crippen LogP contribution in [0.15, 0.2) is 24.7 Å². The Bertz CT molecular complexity index is 467. The van der Waals surface area contributed by atoms with Crippen LogP contribution in [0, 0.1) is 5.82 Å². The molecule has 2 rings (SSSR count). The lowest BCUT2D eigenvalue weighted by molar-refractivity contribution is 0.622. The Labute approximate surface area is 91.2 Å². The first-order valence-corrected chi connectivity index (χ1v) is 5.22. The first-order chi connectivity index (χ1) is 7.16. The predicted molar refractivity (Wildman–Crippen MR) is 59.6 cm³/mol. The van der Waals surface area contributed by atoms with E-state index in [1.54, 1.807) is 12.4 Å². The van der Waals surface area contributed by atoms with Crippen LogP contribution in [-0.4, -0.2) is 24.1 Å². The topological polar surface area (TPSA) is 29.0 Å². The molecule has 2 aromatic heterocycles. The molecule has 0 saturated heterocycles. The zero-order chi connectivity index (χ0) is 10.8. The molecule has 0 unspecified atom stereocenters. The van der Waals surface area contributed by atoms with Crippen molar-refractivity contribution < 1.29 is 4.39 Å². The molecule has 15 heavy (non-hydrogen) atoms. The van der Waals surface area contributed by atoms with Crippen molar-refractivity contribution in [3.8, 4) is 10.6 Å². The first-order valence-electron chi connectivity index (χ1n) is 4.41. The van der Waals surface area contributed by atoms with E-state index in [-0.39, 0.29) is 5.82 Å². The third-order valence-corrected chi connectivity index (χ3v) is 3.10. The van der Waals surface area contributed by atoms with Crippen molar-refractivity contribution in [1.82, 2.24) is 9.97 Å². The van der Waals surface area contributed by atoms with Crippen molar-refractivity contribution in [3.63, 3.8) is 0 Å². The van der Waals surface area contributed by atoms with Gasteiger partial charge in [-0.25, -0.2) is 9.37 Å². The van der Waals surface area contributed by atoms with Crippen molar-refractivity contribution in [3.05, 3.63) is 30.5 Å². The Hall–Kier alpha value is -1.49. The summed E-state index contributed by atoms with van der Waals surface area (Å²) in [6, 6.07) is 1.44. The van der Waals surface area contributed by atoms with Gasteiger partial charge in [-0.05, 0) is 6.07 Å². The smallest absolute Gasteiger partial charge is 0.142 e. The maximum Gasteiger partial charge on any atom is 0.142 e. The number of nitrogens with zero attached hydrogens (tertiary/aromatic N) is 3. The zero-order valence-electron chi connectivity index (χ0n) is 8.44. The second-order valence-corrected chi connectivity index (χ2v) is 4.30. The highest BCUT2D eigenvalue weighted by molar-refractivity contribution is 7.18. The van der Waals surface area contributed by atoms with Gasteiger partial charge in [0, 0.05) is 25.9 Å². The summed E-state index contributed by atoms with van der Waals surface area (Å²) in [5.74, 6) is -0.339. The molecule has 0 fully saturated rings. The number of hydrogen-bond donors (Lipinski definition) is 0. The van der Waals surface area contributed by atoms with Crippen LogP contribution in [-0.2, 0) is 0 Å². The van der Waals surface area contributed by atoms with E-state index in [1.165, 1.54) is 23.6 Å². The van der Waals surface area contributed by atoms with Crippen LogP contribution in [0.5, 0.6) is 0 Å². The van der Waals surface area contributed by atoms with Crippen molar-refractivity contribution in [2.24, 2.45) is 0 Å². The number of halogens is 1. The molecule has 0 aliphatic rings. The van der Waals surface area contributed by atoms with Gasteiger partial charge in [0.1, 0.15) is 15.8 Å². The van der Waals surface area contributed by atoms with Gasteiger partial charge in [0.15, 0.2) is 0 Å². The molecule has 0 bridgehead atoms. The third kappa shape index (κ3) is 2.12. The molecule has 0 aliphatic carbocycles. The molecule has 5 heteroatoms. The number of rotatable bonds is 2. The van der Waals surface area contributed by atoms with Crippen molar-refractivity contribution in [2.75, 3.05) is 19.0 Å². The van der Waals surface area contributed by atoms with Crippen LogP contribution < -0.4 is 4.90 Å². The molecule has 0 amide bonds. The van der Waals surface area contributed by atoms with Crippen molar-refractivity contribution >= 4 is 16.3 Å². The highest BCUT2D eigenvalue weighted by Gasteiger charge is 2.06. The quantitative estimate of drug-likeness (QED) is 0.783. The Kier molecular flexibility index (Phi) is 2.64. The SMILES string of the molecule is CN(C)c1cnc(-c2cncc(F)c2)s1. The van der Waals surface area contributed by atoms with Crippen LogP contribution in [0.3, 0.4) is 0 Å². The first kappa shape index (κ1) is 10.0. The lowest BCUT2D eigenvalue weighted by Crippen LogP contribution is -2.05. The van der Waals surface area contributed by atoms with E-state index in [0.29, 0.717) is 5.56 Å². The Morgan fingerprint density at radius 2 is 2.07 bits per heavy atom. The van der Waals surface area contributed by atoms with Crippen molar-refractivity contribution in [1.29, 1.82) is 0 Å². The summed E-state index contributed by atoms with van der Waals surface area (Å²) in [7, 11) is 3.89. The number of pyridine rings is 1. The van der Waals surface area contributed by atoms with Gasteiger partial charge in [-0.1, -0.05) is 11.3 Å². The number of anilines is 1. The predicted octanol–water partition coefficient (Wildman–Crippen LogP) is 2.41. The number of thiazole rings is 1. The largest absolute Gasteiger partial charge is 0.368 e. The van der Waals surface area contributed by atoms with Crippen LogP contribution in [0.2, 0.25) is 0 Å². The van der Waals surface area contributed by atoms with Crippen molar-refractivity contribution in [2.45, 2.75) is 0 Å². The Morgan fingerprint density at radius 1 is 1.27 bits per heavy atom. The van der Waals surface area contributed by atoms with E-state index >= 15 is 0 Å². The molecule has 0 aromatic carbocycles. The van der Waals surface area contributed by atoms with Gasteiger partial charge >= 0.3 is 0 Å². The Morgan fingerprint density at radius 3 is 2.67 bits per heavy atom. The molecular weight excluding hydrogens is 213 g/mol. The maximum atomic E-state index is 12.9. The minimum Gasteiger partial charge on any atom is -0.368 e. The summed E-state index contributed by atoms with van der Waals surface area (Å²) in [4.78, 5) is 9.98. The molecule has 2 heterocycles. The molecule has 3 nitrogen and oxygen atoms in total. The highest BCUT2D eigenvalue weighted by Crippen LogP contribution is 2.29. The van der Waals surface area contributed by atoms with E-state index in [1.807, 2.05) is 19.0 Å². The van der Waals surface area contributed by atoms with Gasteiger partial charge in [-0.2, -0.15) is 0 Å².